The average Bonchev–Trinajstić information content (AvgIpc) is 3.87. The second-order valence-corrected chi connectivity index (χ2v) is 17.2. The summed E-state index contributed by atoms with van der Waals surface area (Å²) in [6.45, 7) is 13.5. The van der Waals surface area contributed by atoms with E-state index < -0.39 is 0 Å². The van der Waals surface area contributed by atoms with E-state index in [0.29, 0.717) is 0 Å². The second kappa shape index (κ2) is 11.0. The molecule has 3 aromatic heterocycles. The summed E-state index contributed by atoms with van der Waals surface area (Å²) in [4.78, 5) is 0. The molecule has 5 heterocycles. The summed E-state index contributed by atoms with van der Waals surface area (Å²) in [7, 11) is 0. The van der Waals surface area contributed by atoms with E-state index in [1.165, 1.54) is 132 Å². The maximum atomic E-state index is 6.89. The number of benzene rings is 8. The van der Waals surface area contributed by atoms with Gasteiger partial charge >= 0.3 is 6.85 Å². The van der Waals surface area contributed by atoms with Crippen LogP contribution in [-0.4, -0.2) is 15.9 Å². The predicted octanol–water partition coefficient (Wildman–Crippen LogP) is 12.9. The van der Waals surface area contributed by atoms with E-state index >= 15 is 0 Å². The number of fused-ring (bicyclic) bond motifs is 14. The fourth-order valence-electron chi connectivity index (χ4n) is 11.9. The Morgan fingerprint density at radius 2 is 1.05 bits per heavy atom. The Balaban J connectivity index is 1.31. The molecule has 0 N–H and O–H groups in total. The van der Waals surface area contributed by atoms with Crippen LogP contribution in [0.3, 0.4) is 0 Å². The van der Waals surface area contributed by atoms with Crippen LogP contribution in [0.15, 0.2) is 132 Å². The Morgan fingerprint density at radius 1 is 0.448 bits per heavy atom. The molecule has 8 aromatic carbocycles. The molecular formula is C54H39BN2O. The molecule has 0 saturated heterocycles. The lowest BCUT2D eigenvalue weighted by Gasteiger charge is -2.34. The van der Waals surface area contributed by atoms with E-state index in [-0.39, 0.29) is 6.85 Å². The van der Waals surface area contributed by atoms with Crippen LogP contribution in [0.25, 0.3) is 105 Å². The van der Waals surface area contributed by atoms with Crippen LogP contribution < -0.4 is 10.9 Å². The van der Waals surface area contributed by atoms with Gasteiger partial charge in [0.25, 0.3) is 0 Å². The van der Waals surface area contributed by atoms with Gasteiger partial charge in [0.05, 0.1) is 11.0 Å². The molecule has 4 heteroatoms. The maximum Gasteiger partial charge on any atom is 0.333 e. The largest absolute Gasteiger partial charge is 0.456 e. The van der Waals surface area contributed by atoms with Crippen LogP contribution in [0.5, 0.6) is 0 Å². The minimum atomic E-state index is -0.0553. The number of hydrogen-bond donors (Lipinski definition) is 0. The Kier molecular flexibility index (Phi) is 6.13. The third-order valence-corrected chi connectivity index (χ3v) is 13.6. The van der Waals surface area contributed by atoms with Gasteiger partial charge < -0.3 is 13.5 Å². The molecule has 0 radical (unpaired) electrons. The molecule has 0 spiro atoms. The van der Waals surface area contributed by atoms with Gasteiger partial charge in [-0.2, -0.15) is 0 Å². The lowest BCUT2D eigenvalue weighted by atomic mass is 9.45. The van der Waals surface area contributed by atoms with Crippen LogP contribution in [-0.2, 0) is 0 Å². The minimum absolute atomic E-state index is 0.0553. The zero-order chi connectivity index (χ0) is 38.9. The molecule has 274 valence electrons. The summed E-state index contributed by atoms with van der Waals surface area (Å²) in [6.07, 6.45) is 0. The molecule has 0 saturated carbocycles. The molecule has 3 nitrogen and oxygen atoms in total. The Morgan fingerprint density at radius 3 is 1.79 bits per heavy atom. The molecule has 0 aliphatic carbocycles. The van der Waals surface area contributed by atoms with Crippen LogP contribution in [0, 0.1) is 41.5 Å². The molecule has 13 rings (SSSR count). The maximum absolute atomic E-state index is 6.89. The molecular weight excluding hydrogens is 703 g/mol. The first-order valence-electron chi connectivity index (χ1n) is 20.6. The summed E-state index contributed by atoms with van der Waals surface area (Å²) in [5.41, 5.74) is 26.4. The van der Waals surface area contributed by atoms with Gasteiger partial charge in [0.1, 0.15) is 11.2 Å². The van der Waals surface area contributed by atoms with Crippen molar-refractivity contribution >= 4 is 83.3 Å². The number of para-hydroxylation sites is 3. The minimum Gasteiger partial charge on any atom is -0.456 e. The summed E-state index contributed by atoms with van der Waals surface area (Å²) in [5, 5.41) is 7.58. The van der Waals surface area contributed by atoms with Crippen molar-refractivity contribution in [3.05, 3.63) is 161 Å². The summed E-state index contributed by atoms with van der Waals surface area (Å²) in [5.74, 6) is 0. The number of hydrogen-bond acceptors (Lipinski definition) is 1. The number of furan rings is 1. The van der Waals surface area contributed by atoms with E-state index in [2.05, 4.69) is 178 Å². The number of nitrogens with zero attached hydrogens (tertiary/aromatic N) is 2. The molecule has 11 aromatic rings. The van der Waals surface area contributed by atoms with Crippen molar-refractivity contribution in [3.63, 3.8) is 0 Å². The number of aryl methyl sites for hydroxylation is 6. The molecule has 0 bridgehead atoms. The lowest BCUT2D eigenvalue weighted by molar-refractivity contribution is 0.669. The van der Waals surface area contributed by atoms with E-state index in [1.807, 2.05) is 0 Å². The monoisotopic (exact) mass is 742 g/mol. The van der Waals surface area contributed by atoms with Gasteiger partial charge in [-0.05, 0) is 121 Å². The quantitative estimate of drug-likeness (QED) is 0.162. The third-order valence-electron chi connectivity index (χ3n) is 13.6. The topological polar surface area (TPSA) is 23.0 Å². The first-order valence-corrected chi connectivity index (χ1v) is 20.6. The summed E-state index contributed by atoms with van der Waals surface area (Å²) >= 11 is 0. The van der Waals surface area contributed by atoms with Crippen LogP contribution in [0.2, 0.25) is 0 Å². The standard InChI is InChI=1S/C54H39BN2O/c1-28-23-30(3)46(31(4)24-28)37-16-12-19-42-48(37)51-38(47-32(5)25-29(2)26-33(47)6)21-22-40-54(51)56(42)43-27-45-49(36-14-8-10-20-44(36)58-45)50-39-17-11-15-35-34-13-7-9-18-41(34)57(53(35)39)55(40)52(43)50/h7-27H,1-6H3. The number of rotatable bonds is 2. The highest BCUT2D eigenvalue weighted by Gasteiger charge is 2.43. The molecule has 58 heavy (non-hydrogen) atoms. The lowest BCUT2D eigenvalue weighted by Crippen LogP contribution is -2.55. The zero-order valence-electron chi connectivity index (χ0n) is 33.5. The second-order valence-electron chi connectivity index (χ2n) is 17.2. The van der Waals surface area contributed by atoms with Crippen molar-refractivity contribution in [3.8, 4) is 39.1 Å². The van der Waals surface area contributed by atoms with Gasteiger partial charge in [0.2, 0.25) is 0 Å². The molecule has 2 aliphatic rings. The van der Waals surface area contributed by atoms with Crippen molar-refractivity contribution in [2.24, 2.45) is 0 Å². The van der Waals surface area contributed by atoms with Crippen molar-refractivity contribution < 1.29 is 4.42 Å². The highest BCUT2D eigenvalue weighted by atomic mass is 16.3. The third kappa shape index (κ3) is 3.86. The van der Waals surface area contributed by atoms with Gasteiger partial charge in [-0.25, -0.2) is 0 Å². The van der Waals surface area contributed by atoms with Crippen molar-refractivity contribution in [2.75, 3.05) is 0 Å². The Hall–Kier alpha value is -6.78. The van der Waals surface area contributed by atoms with Gasteiger partial charge in [-0.3, -0.25) is 0 Å². The van der Waals surface area contributed by atoms with Crippen LogP contribution >= 0.6 is 0 Å². The van der Waals surface area contributed by atoms with Gasteiger partial charge in [0, 0.05) is 60.7 Å². The van der Waals surface area contributed by atoms with Crippen molar-refractivity contribution in [2.45, 2.75) is 41.5 Å². The Labute approximate surface area is 336 Å². The van der Waals surface area contributed by atoms with Crippen LogP contribution in [0.4, 0.5) is 0 Å². The van der Waals surface area contributed by atoms with Gasteiger partial charge in [-0.1, -0.05) is 114 Å². The molecule has 0 unspecified atom stereocenters. The van der Waals surface area contributed by atoms with Gasteiger partial charge in [0.15, 0.2) is 0 Å². The van der Waals surface area contributed by atoms with Crippen molar-refractivity contribution in [1.29, 1.82) is 0 Å². The highest BCUT2D eigenvalue weighted by Crippen LogP contribution is 2.50. The molecule has 0 amide bonds. The van der Waals surface area contributed by atoms with E-state index in [1.54, 1.807) is 0 Å². The van der Waals surface area contributed by atoms with E-state index in [9.17, 15) is 0 Å². The van der Waals surface area contributed by atoms with E-state index in [4.69, 9.17) is 4.42 Å². The fraction of sp³-hybridized carbons (Fsp3) is 0.111. The van der Waals surface area contributed by atoms with Crippen LogP contribution in [0.1, 0.15) is 33.4 Å². The Bertz CT molecular complexity index is 3660. The number of aromatic nitrogens is 2. The average molecular weight is 743 g/mol. The van der Waals surface area contributed by atoms with Gasteiger partial charge in [-0.15, -0.1) is 0 Å². The predicted molar refractivity (Wildman–Crippen MR) is 246 cm³/mol. The first-order chi connectivity index (χ1) is 28.3. The molecule has 0 fully saturated rings. The smallest absolute Gasteiger partial charge is 0.333 e. The summed E-state index contributed by atoms with van der Waals surface area (Å²) < 4.78 is 12.2. The first kappa shape index (κ1) is 32.3. The molecule has 0 atom stereocenters. The zero-order valence-corrected chi connectivity index (χ0v) is 33.5. The summed E-state index contributed by atoms with van der Waals surface area (Å²) in [6, 6.07) is 48.2. The SMILES string of the molecule is Cc1cc(C)c(-c2cccc3c2c2c(-c4c(C)cc(C)cc4C)ccc4c2n3-c2cc3oc5ccccc5c3c3c2B4n2c4ccccc4c4cccc-3c42)c(C)c1. The highest BCUT2D eigenvalue weighted by molar-refractivity contribution is 6.90. The van der Waals surface area contributed by atoms with E-state index in [0.717, 1.165) is 16.6 Å². The molecule has 2 aliphatic heterocycles. The fourth-order valence-corrected chi connectivity index (χ4v) is 11.9. The van der Waals surface area contributed by atoms with Crippen molar-refractivity contribution in [1.82, 2.24) is 9.05 Å². The normalized spacial score (nSPS) is 13.0.